The molecule has 1 aliphatic heterocycles. The zero-order valence-corrected chi connectivity index (χ0v) is 9.24. The SMILES string of the molecule is CC(CC1CC(=O)OC1=O)S(=O)(=O)[O-].[Li+]. The molecule has 1 heterocycles. The van der Waals surface area contributed by atoms with Gasteiger partial charge in [0, 0.05) is 5.25 Å². The summed E-state index contributed by atoms with van der Waals surface area (Å²) in [6.07, 6.45) is -0.297. The van der Waals surface area contributed by atoms with E-state index in [0.717, 1.165) is 0 Å². The van der Waals surface area contributed by atoms with E-state index >= 15 is 0 Å². The van der Waals surface area contributed by atoms with Gasteiger partial charge in [0.05, 0.1) is 22.5 Å². The van der Waals surface area contributed by atoms with Crippen LogP contribution in [0.2, 0.25) is 0 Å². The predicted molar refractivity (Wildman–Crippen MR) is 43.0 cm³/mol. The van der Waals surface area contributed by atoms with Crippen molar-refractivity contribution in [1.82, 2.24) is 0 Å². The second kappa shape index (κ2) is 5.12. The van der Waals surface area contributed by atoms with Gasteiger partial charge in [0.25, 0.3) is 0 Å². The molecule has 0 aromatic rings. The molecule has 1 aliphatic rings. The van der Waals surface area contributed by atoms with Gasteiger partial charge in [0.2, 0.25) is 0 Å². The van der Waals surface area contributed by atoms with Gasteiger partial charge in [-0.15, -0.1) is 0 Å². The summed E-state index contributed by atoms with van der Waals surface area (Å²) in [5.41, 5.74) is 0. The normalized spacial score (nSPS) is 23.2. The number of ether oxygens (including phenoxy) is 1. The molecule has 0 amide bonds. The Balaban J connectivity index is 0.00000196. The van der Waals surface area contributed by atoms with E-state index in [1.54, 1.807) is 0 Å². The van der Waals surface area contributed by atoms with E-state index in [4.69, 9.17) is 0 Å². The van der Waals surface area contributed by atoms with Crippen LogP contribution < -0.4 is 18.9 Å². The smallest absolute Gasteiger partial charge is 0.748 e. The van der Waals surface area contributed by atoms with E-state index in [-0.39, 0.29) is 31.7 Å². The first kappa shape index (κ1) is 14.6. The summed E-state index contributed by atoms with van der Waals surface area (Å²) in [5, 5.41) is -1.18. The molecule has 0 bridgehead atoms. The molecule has 1 rings (SSSR count). The Hall–Kier alpha value is -0.353. The third kappa shape index (κ3) is 3.95. The van der Waals surface area contributed by atoms with Gasteiger partial charge < -0.3 is 9.29 Å². The number of cyclic esters (lactones) is 2. The topological polar surface area (TPSA) is 101 Å². The maximum Gasteiger partial charge on any atom is 1.00 e. The third-order valence-corrected chi connectivity index (χ3v) is 3.25. The largest absolute Gasteiger partial charge is 1.00 e. The van der Waals surface area contributed by atoms with Crippen LogP contribution in [0.15, 0.2) is 0 Å². The summed E-state index contributed by atoms with van der Waals surface area (Å²) >= 11 is 0. The van der Waals surface area contributed by atoms with Crippen LogP contribution >= 0.6 is 0 Å². The second-order valence-electron chi connectivity index (χ2n) is 3.23. The van der Waals surface area contributed by atoms with Crippen molar-refractivity contribution in [3.8, 4) is 0 Å². The van der Waals surface area contributed by atoms with Crippen molar-refractivity contribution < 1.29 is 46.2 Å². The van der Waals surface area contributed by atoms with E-state index < -0.39 is 33.2 Å². The van der Waals surface area contributed by atoms with Crippen molar-refractivity contribution in [1.29, 1.82) is 0 Å². The fourth-order valence-corrected chi connectivity index (χ4v) is 1.69. The van der Waals surface area contributed by atoms with Crippen molar-refractivity contribution >= 4 is 22.1 Å². The van der Waals surface area contributed by atoms with Crippen LogP contribution in [0.25, 0.3) is 0 Å². The van der Waals surface area contributed by atoms with Crippen molar-refractivity contribution in [3.63, 3.8) is 0 Å². The van der Waals surface area contributed by atoms with E-state index in [0.29, 0.717) is 0 Å². The molecule has 6 nitrogen and oxygen atoms in total. The van der Waals surface area contributed by atoms with Crippen LogP contribution in [0.1, 0.15) is 19.8 Å². The minimum atomic E-state index is -4.40. The molecule has 15 heavy (non-hydrogen) atoms. The molecule has 0 spiro atoms. The average Bonchev–Trinajstić information content (AvgIpc) is 2.28. The molecule has 0 radical (unpaired) electrons. The third-order valence-electron chi connectivity index (χ3n) is 2.07. The molecular weight excluding hydrogens is 219 g/mol. The Labute approximate surface area is 99.3 Å². The maximum absolute atomic E-state index is 10.9. The zero-order valence-electron chi connectivity index (χ0n) is 8.43. The van der Waals surface area contributed by atoms with E-state index in [1.165, 1.54) is 6.92 Å². The van der Waals surface area contributed by atoms with E-state index in [1.807, 2.05) is 0 Å². The maximum atomic E-state index is 10.9. The van der Waals surface area contributed by atoms with Crippen molar-refractivity contribution in [2.45, 2.75) is 25.0 Å². The Morgan fingerprint density at radius 2 is 2.07 bits per heavy atom. The number of carbonyl (C=O) groups is 2. The van der Waals surface area contributed by atoms with Gasteiger partial charge in [0.1, 0.15) is 0 Å². The molecule has 0 saturated carbocycles. The summed E-state index contributed by atoms with van der Waals surface area (Å²) in [6, 6.07) is 0. The molecule has 0 aromatic heterocycles. The first-order chi connectivity index (χ1) is 6.30. The fourth-order valence-electron chi connectivity index (χ4n) is 1.22. The number of rotatable bonds is 3. The van der Waals surface area contributed by atoms with Crippen LogP contribution in [0.3, 0.4) is 0 Å². The summed E-state index contributed by atoms with van der Waals surface area (Å²) in [4.78, 5) is 21.5. The molecule has 8 heteroatoms. The predicted octanol–water partition coefficient (Wildman–Crippen LogP) is -3.60. The van der Waals surface area contributed by atoms with Crippen LogP contribution in [0.4, 0.5) is 0 Å². The first-order valence-electron chi connectivity index (χ1n) is 4.00. The van der Waals surface area contributed by atoms with Crippen molar-refractivity contribution in [2.75, 3.05) is 0 Å². The number of esters is 2. The van der Waals surface area contributed by atoms with Crippen molar-refractivity contribution in [2.24, 2.45) is 5.92 Å². The molecule has 0 aliphatic carbocycles. The van der Waals surface area contributed by atoms with Gasteiger partial charge >= 0.3 is 30.8 Å². The van der Waals surface area contributed by atoms with Crippen LogP contribution in [-0.2, 0) is 24.4 Å². The van der Waals surface area contributed by atoms with E-state index in [9.17, 15) is 22.6 Å². The zero-order chi connectivity index (χ0) is 10.9. The quantitative estimate of drug-likeness (QED) is 0.214. The molecule has 2 unspecified atom stereocenters. The molecular formula is C7H9LiO6S. The Bertz CT molecular complexity index is 362. The number of carbonyl (C=O) groups excluding carboxylic acids is 2. The molecule has 0 aromatic carbocycles. The number of hydrogen-bond donors (Lipinski definition) is 0. The Morgan fingerprint density at radius 3 is 2.40 bits per heavy atom. The van der Waals surface area contributed by atoms with Gasteiger partial charge in [-0.05, 0) is 13.3 Å². The standard InChI is InChI=1S/C7H10O6S.Li/c1-4(14(10,11)12)2-5-3-6(8)13-7(5)9;/h4-5H,2-3H2,1H3,(H,10,11,12);/q;+1/p-1. The van der Waals surface area contributed by atoms with Gasteiger partial charge in [0.15, 0.2) is 0 Å². The average molecular weight is 228 g/mol. The fraction of sp³-hybridized carbons (Fsp3) is 0.714. The first-order valence-corrected chi connectivity index (χ1v) is 5.47. The van der Waals surface area contributed by atoms with Crippen molar-refractivity contribution in [3.05, 3.63) is 0 Å². The summed E-state index contributed by atoms with van der Waals surface area (Å²) in [5.74, 6) is -2.21. The van der Waals surface area contributed by atoms with Crippen LogP contribution in [-0.4, -0.2) is 30.2 Å². The second-order valence-corrected chi connectivity index (χ2v) is 5.02. The Kier molecular flexibility index (Phi) is 5.00. The van der Waals surface area contributed by atoms with Gasteiger partial charge in [-0.1, -0.05) is 0 Å². The van der Waals surface area contributed by atoms with Crippen LogP contribution in [0, 0.1) is 5.92 Å². The minimum Gasteiger partial charge on any atom is -0.748 e. The Morgan fingerprint density at radius 1 is 1.53 bits per heavy atom. The monoisotopic (exact) mass is 228 g/mol. The summed E-state index contributed by atoms with van der Waals surface area (Å²) < 4.78 is 35.8. The minimum absolute atomic E-state index is 0. The molecule has 2 atom stereocenters. The van der Waals surface area contributed by atoms with Gasteiger partial charge in [-0.2, -0.15) is 0 Å². The molecule has 1 saturated heterocycles. The number of hydrogen-bond acceptors (Lipinski definition) is 6. The van der Waals surface area contributed by atoms with Crippen LogP contribution in [0.5, 0.6) is 0 Å². The van der Waals surface area contributed by atoms with Gasteiger partial charge in [-0.3, -0.25) is 9.59 Å². The summed E-state index contributed by atoms with van der Waals surface area (Å²) in [6.45, 7) is 1.21. The molecule has 0 N–H and O–H groups in total. The molecule has 80 valence electrons. The molecule has 1 fully saturated rings. The van der Waals surface area contributed by atoms with E-state index in [2.05, 4.69) is 4.74 Å². The van der Waals surface area contributed by atoms with Gasteiger partial charge in [-0.25, -0.2) is 8.42 Å². The summed E-state index contributed by atoms with van der Waals surface area (Å²) in [7, 11) is -4.40.